The van der Waals surface area contributed by atoms with Crippen molar-refractivity contribution in [3.63, 3.8) is 0 Å². The van der Waals surface area contributed by atoms with Crippen LogP contribution in [0.1, 0.15) is 12.0 Å². The molecule has 0 aromatic heterocycles. The Bertz CT molecular complexity index is 437. The van der Waals surface area contributed by atoms with E-state index in [9.17, 15) is 4.79 Å². The van der Waals surface area contributed by atoms with Crippen molar-refractivity contribution in [2.75, 3.05) is 18.9 Å². The van der Waals surface area contributed by atoms with Gasteiger partial charge in [0.1, 0.15) is 4.99 Å². The lowest BCUT2D eigenvalue weighted by atomic mass is 10.2. The number of amides is 1. The van der Waals surface area contributed by atoms with Gasteiger partial charge in [-0.25, -0.2) is 0 Å². The molecule has 0 atom stereocenters. The lowest BCUT2D eigenvalue weighted by Crippen LogP contribution is -2.20. The average Bonchev–Trinajstić information content (AvgIpc) is 2.28. The van der Waals surface area contributed by atoms with Gasteiger partial charge < -0.3 is 16.4 Å². The van der Waals surface area contributed by atoms with Crippen LogP contribution in [0.15, 0.2) is 22.7 Å². The van der Waals surface area contributed by atoms with Crippen molar-refractivity contribution in [2.24, 2.45) is 5.73 Å². The molecule has 6 heteroatoms. The minimum atomic E-state index is 0.0105. The van der Waals surface area contributed by atoms with Crippen molar-refractivity contribution in [3.8, 4) is 0 Å². The zero-order valence-corrected chi connectivity index (χ0v) is 11.8. The Morgan fingerprint density at radius 1 is 1.53 bits per heavy atom. The minimum absolute atomic E-state index is 0.0105. The first-order chi connectivity index (χ1) is 8.04. The predicted octanol–water partition coefficient (Wildman–Crippen LogP) is 1.63. The summed E-state index contributed by atoms with van der Waals surface area (Å²) in [6, 6.07) is 5.61. The van der Waals surface area contributed by atoms with E-state index in [0.717, 1.165) is 15.7 Å². The molecule has 1 aromatic carbocycles. The molecule has 0 bridgehead atoms. The molecule has 0 aliphatic carbocycles. The predicted molar refractivity (Wildman–Crippen MR) is 77.2 cm³/mol. The normalized spacial score (nSPS) is 9.76. The first kappa shape index (κ1) is 13.9. The summed E-state index contributed by atoms with van der Waals surface area (Å²) in [7, 11) is 1.62. The van der Waals surface area contributed by atoms with Gasteiger partial charge in [0, 0.05) is 35.7 Å². The van der Waals surface area contributed by atoms with Crippen LogP contribution in [-0.2, 0) is 4.79 Å². The topological polar surface area (TPSA) is 67.2 Å². The Labute approximate surface area is 114 Å². The largest absolute Gasteiger partial charge is 0.389 e. The van der Waals surface area contributed by atoms with Gasteiger partial charge >= 0.3 is 0 Å². The maximum atomic E-state index is 11.0. The number of carbonyl (C=O) groups is 1. The molecule has 17 heavy (non-hydrogen) atoms. The molecule has 0 saturated heterocycles. The first-order valence-electron chi connectivity index (χ1n) is 5.08. The lowest BCUT2D eigenvalue weighted by Gasteiger charge is -2.08. The molecule has 0 fully saturated rings. The van der Waals surface area contributed by atoms with E-state index in [4.69, 9.17) is 18.0 Å². The van der Waals surface area contributed by atoms with Crippen molar-refractivity contribution in [1.82, 2.24) is 5.32 Å². The summed E-state index contributed by atoms with van der Waals surface area (Å²) in [5.41, 5.74) is 7.27. The van der Waals surface area contributed by atoms with Gasteiger partial charge in [0.2, 0.25) is 5.91 Å². The Hall–Kier alpha value is -1.14. The highest BCUT2D eigenvalue weighted by Crippen LogP contribution is 2.21. The second-order valence-corrected chi connectivity index (χ2v) is 4.70. The van der Waals surface area contributed by atoms with Gasteiger partial charge in [-0.15, -0.1) is 0 Å². The fourth-order valence-electron chi connectivity index (χ4n) is 1.27. The van der Waals surface area contributed by atoms with Gasteiger partial charge in [-0.2, -0.15) is 0 Å². The second kappa shape index (κ2) is 6.56. The van der Waals surface area contributed by atoms with Crippen LogP contribution in [-0.4, -0.2) is 24.5 Å². The van der Waals surface area contributed by atoms with E-state index < -0.39 is 0 Å². The summed E-state index contributed by atoms with van der Waals surface area (Å²) in [4.78, 5) is 11.4. The van der Waals surface area contributed by atoms with Gasteiger partial charge in [0.15, 0.2) is 0 Å². The van der Waals surface area contributed by atoms with Crippen LogP contribution in [0.5, 0.6) is 0 Å². The summed E-state index contributed by atoms with van der Waals surface area (Å²) in [6.07, 6.45) is 0.436. The van der Waals surface area contributed by atoms with Crippen molar-refractivity contribution in [2.45, 2.75) is 6.42 Å². The number of benzene rings is 1. The molecule has 0 saturated carbocycles. The van der Waals surface area contributed by atoms with E-state index in [1.54, 1.807) is 7.05 Å². The third kappa shape index (κ3) is 4.32. The maximum absolute atomic E-state index is 11.0. The summed E-state index contributed by atoms with van der Waals surface area (Å²) in [5, 5.41) is 5.71. The summed E-state index contributed by atoms with van der Waals surface area (Å²) in [5.74, 6) is 0.0105. The highest BCUT2D eigenvalue weighted by molar-refractivity contribution is 9.10. The third-order valence-electron chi connectivity index (χ3n) is 2.19. The van der Waals surface area contributed by atoms with Crippen molar-refractivity contribution in [3.05, 3.63) is 28.2 Å². The molecular formula is C11H14BrN3OS. The van der Waals surface area contributed by atoms with Crippen molar-refractivity contribution in [1.29, 1.82) is 0 Å². The molecule has 1 aromatic rings. The Morgan fingerprint density at radius 2 is 2.24 bits per heavy atom. The molecule has 0 radical (unpaired) electrons. The van der Waals surface area contributed by atoms with Crippen LogP contribution < -0.4 is 16.4 Å². The molecule has 0 aliphatic rings. The van der Waals surface area contributed by atoms with Crippen molar-refractivity contribution < 1.29 is 4.79 Å². The molecule has 1 amide bonds. The second-order valence-electron chi connectivity index (χ2n) is 3.41. The van der Waals surface area contributed by atoms with Crippen LogP contribution in [0.2, 0.25) is 0 Å². The molecule has 4 N–H and O–H groups in total. The molecule has 0 heterocycles. The molecule has 0 spiro atoms. The van der Waals surface area contributed by atoms with Crippen LogP contribution in [0.4, 0.5) is 5.69 Å². The number of thiocarbonyl (C=S) groups is 1. The Morgan fingerprint density at radius 3 is 2.76 bits per heavy atom. The molecule has 0 unspecified atom stereocenters. The monoisotopic (exact) mass is 315 g/mol. The zero-order valence-electron chi connectivity index (χ0n) is 9.42. The van der Waals surface area contributed by atoms with Gasteiger partial charge in [-0.3, -0.25) is 4.79 Å². The highest BCUT2D eigenvalue weighted by atomic mass is 79.9. The number of halogens is 1. The number of carbonyl (C=O) groups excluding carboxylic acids is 1. The zero-order chi connectivity index (χ0) is 12.8. The van der Waals surface area contributed by atoms with Crippen LogP contribution in [0, 0.1) is 0 Å². The number of nitrogens with two attached hydrogens (primary N) is 1. The number of hydrogen-bond acceptors (Lipinski definition) is 3. The van der Waals surface area contributed by atoms with Crippen LogP contribution in [0.25, 0.3) is 0 Å². The number of hydrogen-bond donors (Lipinski definition) is 3. The summed E-state index contributed by atoms with van der Waals surface area (Å²) in [6.45, 7) is 0.582. The fourth-order valence-corrected chi connectivity index (χ4v) is 2.17. The van der Waals surface area contributed by atoms with Gasteiger partial charge in [-0.1, -0.05) is 12.2 Å². The Kier molecular flexibility index (Phi) is 5.37. The summed E-state index contributed by atoms with van der Waals surface area (Å²) < 4.78 is 0.843. The standard InChI is InChI=1S/C11H14BrN3OS/c1-14-10(16)4-5-15-7-2-3-8(11(13)17)9(12)6-7/h2-3,6,15H,4-5H2,1H3,(H2,13,17)(H,14,16). The van der Waals surface area contributed by atoms with E-state index in [1.165, 1.54) is 0 Å². The van der Waals surface area contributed by atoms with E-state index >= 15 is 0 Å². The van der Waals surface area contributed by atoms with Gasteiger partial charge in [-0.05, 0) is 34.1 Å². The van der Waals surface area contributed by atoms with E-state index in [0.29, 0.717) is 18.0 Å². The average molecular weight is 316 g/mol. The third-order valence-corrected chi connectivity index (χ3v) is 3.07. The fraction of sp³-hybridized carbons (Fsp3) is 0.273. The minimum Gasteiger partial charge on any atom is -0.389 e. The number of rotatable bonds is 5. The van der Waals surface area contributed by atoms with Crippen LogP contribution in [0.3, 0.4) is 0 Å². The number of nitrogens with one attached hydrogen (secondary N) is 2. The molecule has 4 nitrogen and oxygen atoms in total. The SMILES string of the molecule is CNC(=O)CCNc1ccc(C(N)=S)c(Br)c1. The highest BCUT2D eigenvalue weighted by Gasteiger charge is 2.04. The van der Waals surface area contributed by atoms with Gasteiger partial charge in [0.25, 0.3) is 0 Å². The molecular weight excluding hydrogens is 302 g/mol. The maximum Gasteiger partial charge on any atom is 0.221 e. The molecule has 1 rings (SSSR count). The molecule has 0 aliphatic heterocycles. The first-order valence-corrected chi connectivity index (χ1v) is 6.28. The van der Waals surface area contributed by atoms with E-state index in [-0.39, 0.29) is 5.91 Å². The lowest BCUT2D eigenvalue weighted by molar-refractivity contribution is -0.120. The Balaban J connectivity index is 2.59. The molecule has 92 valence electrons. The van der Waals surface area contributed by atoms with Gasteiger partial charge in [0.05, 0.1) is 0 Å². The summed E-state index contributed by atoms with van der Waals surface area (Å²) >= 11 is 8.30. The quantitative estimate of drug-likeness (QED) is 0.723. The van der Waals surface area contributed by atoms with E-state index in [1.807, 2.05) is 18.2 Å². The smallest absolute Gasteiger partial charge is 0.221 e. The van der Waals surface area contributed by atoms with Crippen LogP contribution >= 0.6 is 28.1 Å². The van der Waals surface area contributed by atoms with Crippen molar-refractivity contribution >= 4 is 44.7 Å². The van der Waals surface area contributed by atoms with E-state index in [2.05, 4.69) is 26.6 Å². The number of anilines is 1.